The van der Waals surface area contributed by atoms with Crippen LogP contribution in [-0.4, -0.2) is 47.5 Å². The minimum absolute atomic E-state index is 0.601. The predicted octanol–water partition coefficient (Wildman–Crippen LogP) is 1.91. The Balaban J connectivity index is 1.94. The van der Waals surface area contributed by atoms with Gasteiger partial charge in [0, 0.05) is 31.6 Å². The summed E-state index contributed by atoms with van der Waals surface area (Å²) in [7, 11) is 2.16. The number of rotatable bonds is 2. The summed E-state index contributed by atoms with van der Waals surface area (Å²) >= 11 is 3.14. The number of hydrogen-bond donors (Lipinski definition) is 1. The maximum Gasteiger partial charge on any atom is 0.148 e. The van der Waals surface area contributed by atoms with E-state index in [2.05, 4.69) is 31.6 Å². The zero-order valence-corrected chi connectivity index (χ0v) is 12.7. The molecule has 0 aromatic carbocycles. The zero-order valence-electron chi connectivity index (χ0n) is 11.1. The third kappa shape index (κ3) is 2.45. The Morgan fingerprint density at radius 2 is 2.00 bits per heavy atom. The first-order chi connectivity index (χ1) is 9.15. The summed E-state index contributed by atoms with van der Waals surface area (Å²) in [6.07, 6.45) is 0. The average Bonchev–Trinajstić information content (AvgIpc) is 2.96. The number of hydrogen-bond acceptors (Lipinski definition) is 7. The Morgan fingerprint density at radius 1 is 1.26 bits per heavy atom. The van der Waals surface area contributed by atoms with Crippen LogP contribution in [0.15, 0.2) is 5.38 Å². The molecule has 5 nitrogen and oxygen atoms in total. The molecular weight excluding hydrogens is 278 g/mol. The second kappa shape index (κ2) is 5.07. The van der Waals surface area contributed by atoms with Crippen molar-refractivity contribution < 1.29 is 0 Å². The number of nitrogens with two attached hydrogens (primary N) is 1. The van der Waals surface area contributed by atoms with Crippen molar-refractivity contribution in [2.75, 3.05) is 43.9 Å². The molecule has 0 unspecified atom stereocenters. The van der Waals surface area contributed by atoms with Crippen molar-refractivity contribution in [1.82, 2.24) is 14.3 Å². The van der Waals surface area contributed by atoms with Crippen LogP contribution in [0.1, 0.15) is 5.01 Å². The monoisotopic (exact) mass is 295 g/mol. The van der Waals surface area contributed by atoms with Gasteiger partial charge in [-0.25, -0.2) is 4.98 Å². The third-order valence-corrected chi connectivity index (χ3v) is 5.06. The fraction of sp³-hybridized carbons (Fsp3) is 0.500. The second-order valence-electron chi connectivity index (χ2n) is 4.79. The van der Waals surface area contributed by atoms with E-state index in [1.165, 1.54) is 11.5 Å². The van der Waals surface area contributed by atoms with Crippen LogP contribution < -0.4 is 10.6 Å². The summed E-state index contributed by atoms with van der Waals surface area (Å²) < 4.78 is 4.33. The number of aryl methyl sites for hydroxylation is 1. The summed E-state index contributed by atoms with van der Waals surface area (Å²) in [6, 6.07) is 0. The van der Waals surface area contributed by atoms with Gasteiger partial charge in [0.2, 0.25) is 0 Å². The van der Waals surface area contributed by atoms with Crippen LogP contribution in [0, 0.1) is 6.92 Å². The van der Waals surface area contributed by atoms with Crippen molar-refractivity contribution in [3.8, 4) is 11.3 Å². The van der Waals surface area contributed by atoms with E-state index in [-0.39, 0.29) is 0 Å². The molecule has 3 heterocycles. The first-order valence-electron chi connectivity index (χ1n) is 6.26. The highest BCUT2D eigenvalue weighted by atomic mass is 32.1. The van der Waals surface area contributed by atoms with Gasteiger partial charge in [0.15, 0.2) is 0 Å². The molecule has 2 aromatic rings. The first kappa shape index (κ1) is 12.8. The summed E-state index contributed by atoms with van der Waals surface area (Å²) in [5.41, 5.74) is 8.02. The molecule has 19 heavy (non-hydrogen) atoms. The van der Waals surface area contributed by atoms with Gasteiger partial charge in [-0.2, -0.15) is 4.37 Å². The molecule has 0 radical (unpaired) electrons. The summed E-state index contributed by atoms with van der Waals surface area (Å²) in [5, 5.41) is 4.29. The highest BCUT2D eigenvalue weighted by molar-refractivity contribution is 7.11. The first-order valence-corrected chi connectivity index (χ1v) is 7.91. The standard InChI is InChI=1S/C12H17N5S2/c1-8-14-9(7-18-8)10-11(13)15-19-12(10)17-5-3-16(2)4-6-17/h7H,3-6H2,1-2H3,(H2,13,15). The lowest BCUT2D eigenvalue weighted by Crippen LogP contribution is -2.44. The molecule has 2 aromatic heterocycles. The molecule has 0 saturated carbocycles. The highest BCUT2D eigenvalue weighted by Crippen LogP contribution is 2.39. The molecule has 7 heteroatoms. The van der Waals surface area contributed by atoms with Gasteiger partial charge >= 0.3 is 0 Å². The predicted molar refractivity (Wildman–Crippen MR) is 82.1 cm³/mol. The summed E-state index contributed by atoms with van der Waals surface area (Å²) in [5.74, 6) is 0.601. The van der Waals surface area contributed by atoms with Gasteiger partial charge in [0.25, 0.3) is 0 Å². The Hall–Kier alpha value is -1.18. The van der Waals surface area contributed by atoms with E-state index >= 15 is 0 Å². The molecule has 1 saturated heterocycles. The van der Waals surface area contributed by atoms with E-state index < -0.39 is 0 Å². The van der Waals surface area contributed by atoms with Gasteiger partial charge in [-0.3, -0.25) is 0 Å². The van der Waals surface area contributed by atoms with E-state index in [0.29, 0.717) is 5.82 Å². The van der Waals surface area contributed by atoms with Crippen LogP contribution in [0.4, 0.5) is 10.8 Å². The van der Waals surface area contributed by atoms with Gasteiger partial charge in [0.1, 0.15) is 10.8 Å². The van der Waals surface area contributed by atoms with Crippen LogP contribution in [0.5, 0.6) is 0 Å². The van der Waals surface area contributed by atoms with E-state index in [1.807, 2.05) is 6.92 Å². The van der Waals surface area contributed by atoms with Gasteiger partial charge in [0.05, 0.1) is 16.3 Å². The number of piperazine rings is 1. The van der Waals surface area contributed by atoms with Crippen LogP contribution in [0.25, 0.3) is 11.3 Å². The normalized spacial score (nSPS) is 17.1. The lowest BCUT2D eigenvalue weighted by atomic mass is 10.2. The Morgan fingerprint density at radius 3 is 2.63 bits per heavy atom. The average molecular weight is 295 g/mol. The van der Waals surface area contributed by atoms with Gasteiger partial charge in [-0.05, 0) is 25.5 Å². The summed E-state index contributed by atoms with van der Waals surface area (Å²) in [6.45, 7) is 6.21. The number of nitrogen functional groups attached to an aromatic ring is 1. The van der Waals surface area contributed by atoms with Crippen LogP contribution in [0.2, 0.25) is 0 Å². The molecule has 0 amide bonds. The van der Waals surface area contributed by atoms with Crippen LogP contribution >= 0.6 is 22.9 Å². The Kier molecular flexibility index (Phi) is 3.42. The lowest BCUT2D eigenvalue weighted by molar-refractivity contribution is 0.313. The smallest absolute Gasteiger partial charge is 0.148 e. The molecular formula is C12H17N5S2. The highest BCUT2D eigenvalue weighted by Gasteiger charge is 2.23. The molecule has 1 fully saturated rings. The maximum atomic E-state index is 6.04. The molecule has 3 rings (SSSR count). The number of anilines is 2. The van der Waals surface area contributed by atoms with Crippen LogP contribution in [0.3, 0.4) is 0 Å². The molecule has 0 atom stereocenters. The molecule has 1 aliphatic rings. The molecule has 102 valence electrons. The SMILES string of the molecule is Cc1nc(-c2c(N)nsc2N2CCN(C)CC2)cs1. The second-order valence-corrected chi connectivity index (χ2v) is 6.60. The summed E-state index contributed by atoms with van der Waals surface area (Å²) in [4.78, 5) is 9.27. The molecule has 0 aliphatic carbocycles. The van der Waals surface area contributed by atoms with E-state index in [0.717, 1.165) is 47.4 Å². The largest absolute Gasteiger partial charge is 0.382 e. The minimum Gasteiger partial charge on any atom is -0.382 e. The van der Waals surface area contributed by atoms with Crippen molar-refractivity contribution in [1.29, 1.82) is 0 Å². The molecule has 0 bridgehead atoms. The van der Waals surface area contributed by atoms with Crippen molar-refractivity contribution in [2.24, 2.45) is 0 Å². The van der Waals surface area contributed by atoms with Crippen LogP contribution in [-0.2, 0) is 0 Å². The van der Waals surface area contributed by atoms with E-state index in [1.54, 1.807) is 11.3 Å². The van der Waals surface area contributed by atoms with Gasteiger partial charge < -0.3 is 15.5 Å². The molecule has 1 aliphatic heterocycles. The van der Waals surface area contributed by atoms with Crippen molar-refractivity contribution in [2.45, 2.75) is 6.92 Å². The minimum atomic E-state index is 0.601. The molecule has 0 spiro atoms. The number of thiazole rings is 1. The zero-order chi connectivity index (χ0) is 13.4. The fourth-order valence-electron chi connectivity index (χ4n) is 2.24. The Labute approximate surface area is 120 Å². The van der Waals surface area contributed by atoms with Crippen molar-refractivity contribution in [3.05, 3.63) is 10.4 Å². The topological polar surface area (TPSA) is 58.3 Å². The number of aromatic nitrogens is 2. The van der Waals surface area contributed by atoms with E-state index in [4.69, 9.17) is 5.73 Å². The van der Waals surface area contributed by atoms with Gasteiger partial charge in [-0.15, -0.1) is 11.3 Å². The molecule has 2 N–H and O–H groups in total. The quantitative estimate of drug-likeness (QED) is 0.917. The fourth-order valence-corrected chi connectivity index (χ4v) is 3.72. The van der Waals surface area contributed by atoms with Crippen molar-refractivity contribution >= 4 is 33.7 Å². The Bertz CT molecular complexity index is 568. The van der Waals surface area contributed by atoms with Gasteiger partial charge in [-0.1, -0.05) is 0 Å². The lowest BCUT2D eigenvalue weighted by Gasteiger charge is -2.33. The van der Waals surface area contributed by atoms with E-state index in [9.17, 15) is 0 Å². The third-order valence-electron chi connectivity index (χ3n) is 3.37. The van der Waals surface area contributed by atoms with Crippen molar-refractivity contribution in [3.63, 3.8) is 0 Å². The number of nitrogens with zero attached hydrogens (tertiary/aromatic N) is 4. The number of likely N-dealkylation sites (N-methyl/N-ethyl adjacent to an activating group) is 1. The maximum absolute atomic E-state index is 6.04.